The lowest BCUT2D eigenvalue weighted by molar-refractivity contribution is 0.326. The van der Waals surface area contributed by atoms with Crippen LogP contribution >= 0.6 is 0 Å². The molecule has 0 fully saturated rings. The maximum Gasteiger partial charge on any atom is 0.261 e. The molecule has 0 spiro atoms. The summed E-state index contributed by atoms with van der Waals surface area (Å²) in [5, 5.41) is 7.63. The van der Waals surface area contributed by atoms with Gasteiger partial charge in [-0.1, -0.05) is 0 Å². The number of aromatic nitrogens is 4. The first-order valence-corrected chi connectivity index (χ1v) is 8.70. The zero-order chi connectivity index (χ0) is 19.6. The average Bonchev–Trinajstić information content (AvgIpc) is 3.00. The van der Waals surface area contributed by atoms with E-state index < -0.39 is 0 Å². The van der Waals surface area contributed by atoms with E-state index in [9.17, 15) is 4.79 Å². The molecule has 3 rings (SSSR count). The summed E-state index contributed by atoms with van der Waals surface area (Å²) in [6.45, 7) is 4.54. The molecule has 0 aliphatic heterocycles. The second-order valence-corrected chi connectivity index (χ2v) is 6.30. The van der Waals surface area contributed by atoms with Crippen LogP contribution in [0.15, 0.2) is 17.2 Å². The number of benzene rings is 1. The maximum absolute atomic E-state index is 12.9. The quantitative estimate of drug-likeness (QED) is 0.685. The molecule has 2 aromatic heterocycles. The Morgan fingerprint density at radius 1 is 1.11 bits per heavy atom. The fourth-order valence-electron chi connectivity index (χ4n) is 3.29. The number of methoxy groups -OCH3 is 3. The molecule has 2 heterocycles. The van der Waals surface area contributed by atoms with Crippen molar-refractivity contribution >= 4 is 10.9 Å². The molecule has 0 bridgehead atoms. The monoisotopic (exact) mass is 372 g/mol. The van der Waals surface area contributed by atoms with Crippen LogP contribution < -0.4 is 19.8 Å². The van der Waals surface area contributed by atoms with Crippen molar-refractivity contribution in [2.75, 3.05) is 21.3 Å². The highest BCUT2D eigenvalue weighted by Crippen LogP contribution is 2.41. The lowest BCUT2D eigenvalue weighted by Gasteiger charge is -2.15. The lowest BCUT2D eigenvalue weighted by atomic mass is 10.1. The third-order valence-corrected chi connectivity index (χ3v) is 4.73. The number of hydrogen-bond acceptors (Lipinski definition) is 6. The first-order valence-electron chi connectivity index (χ1n) is 8.70. The van der Waals surface area contributed by atoms with Crippen LogP contribution in [0.3, 0.4) is 0 Å². The first kappa shape index (κ1) is 18.8. The Hall–Kier alpha value is -3.03. The van der Waals surface area contributed by atoms with Gasteiger partial charge in [0.15, 0.2) is 11.5 Å². The van der Waals surface area contributed by atoms with Gasteiger partial charge in [-0.2, -0.15) is 5.10 Å². The number of nitrogens with zero attached hydrogens (tertiary/aromatic N) is 3. The van der Waals surface area contributed by atoms with Crippen molar-refractivity contribution < 1.29 is 14.2 Å². The zero-order valence-corrected chi connectivity index (χ0v) is 16.3. The molecule has 0 unspecified atom stereocenters. The Labute approximate surface area is 157 Å². The Bertz CT molecular complexity index is 1000. The van der Waals surface area contributed by atoms with Crippen molar-refractivity contribution in [1.82, 2.24) is 19.7 Å². The Balaban J connectivity index is 1.94. The number of hydrogen-bond donors (Lipinski definition) is 1. The van der Waals surface area contributed by atoms with Gasteiger partial charge in [0.1, 0.15) is 5.52 Å². The standard InChI is InChI=1S/C19H24N4O4/c1-11-13(12(2)22-21-11)7-6-8-23-10-20-16-14(19(23)24)9-15(25-3)17(26-4)18(16)27-5/h9-10H,6-8H2,1-5H3,(H,21,22). The molecule has 3 aromatic rings. The third kappa shape index (κ3) is 3.34. The van der Waals surface area contributed by atoms with Gasteiger partial charge in [-0.25, -0.2) is 4.98 Å². The van der Waals surface area contributed by atoms with Gasteiger partial charge in [0.05, 0.1) is 38.7 Å². The normalized spacial score (nSPS) is 11.0. The van der Waals surface area contributed by atoms with Crippen molar-refractivity contribution in [3.8, 4) is 17.2 Å². The molecule has 27 heavy (non-hydrogen) atoms. The minimum atomic E-state index is -0.139. The van der Waals surface area contributed by atoms with E-state index in [-0.39, 0.29) is 5.56 Å². The van der Waals surface area contributed by atoms with Crippen molar-refractivity contribution in [2.24, 2.45) is 0 Å². The predicted molar refractivity (Wildman–Crippen MR) is 102 cm³/mol. The van der Waals surface area contributed by atoms with Gasteiger partial charge in [-0.05, 0) is 38.3 Å². The van der Waals surface area contributed by atoms with Gasteiger partial charge in [-0.3, -0.25) is 14.5 Å². The summed E-state index contributed by atoms with van der Waals surface area (Å²) in [4.78, 5) is 17.4. The van der Waals surface area contributed by atoms with Gasteiger partial charge >= 0.3 is 0 Å². The number of aromatic amines is 1. The number of ether oxygens (including phenoxy) is 3. The van der Waals surface area contributed by atoms with Gasteiger partial charge in [0.25, 0.3) is 5.56 Å². The van der Waals surface area contributed by atoms with E-state index in [1.165, 1.54) is 26.9 Å². The summed E-state index contributed by atoms with van der Waals surface area (Å²) >= 11 is 0. The predicted octanol–water partition coefficient (Wildman–Crippen LogP) is 2.40. The van der Waals surface area contributed by atoms with Crippen LogP contribution in [0.5, 0.6) is 17.2 Å². The van der Waals surface area contributed by atoms with E-state index in [0.717, 1.165) is 24.2 Å². The molecule has 0 saturated carbocycles. The summed E-state index contributed by atoms with van der Waals surface area (Å²) in [6.07, 6.45) is 3.20. The first-order chi connectivity index (χ1) is 13.0. The number of nitrogens with one attached hydrogen (secondary N) is 1. The smallest absolute Gasteiger partial charge is 0.261 e. The minimum absolute atomic E-state index is 0.139. The molecule has 0 saturated heterocycles. The van der Waals surface area contributed by atoms with Crippen LogP contribution in [0.4, 0.5) is 0 Å². The number of H-pyrrole nitrogens is 1. The van der Waals surface area contributed by atoms with E-state index in [4.69, 9.17) is 14.2 Å². The topological polar surface area (TPSA) is 91.3 Å². The van der Waals surface area contributed by atoms with E-state index in [2.05, 4.69) is 15.2 Å². The van der Waals surface area contributed by atoms with Crippen LogP contribution in [-0.2, 0) is 13.0 Å². The van der Waals surface area contributed by atoms with E-state index >= 15 is 0 Å². The molecule has 144 valence electrons. The van der Waals surface area contributed by atoms with Crippen LogP contribution in [-0.4, -0.2) is 41.1 Å². The largest absolute Gasteiger partial charge is 0.493 e. The summed E-state index contributed by atoms with van der Waals surface area (Å²) in [5.74, 6) is 1.24. The highest BCUT2D eigenvalue weighted by atomic mass is 16.5. The Morgan fingerprint density at radius 3 is 2.44 bits per heavy atom. The summed E-state index contributed by atoms with van der Waals surface area (Å²) in [7, 11) is 4.56. The number of aryl methyl sites for hydroxylation is 3. The number of fused-ring (bicyclic) bond motifs is 1. The molecule has 1 N–H and O–H groups in total. The molecular formula is C19H24N4O4. The third-order valence-electron chi connectivity index (χ3n) is 4.73. The van der Waals surface area contributed by atoms with E-state index in [0.29, 0.717) is 34.7 Å². The molecule has 8 nitrogen and oxygen atoms in total. The Kier molecular flexibility index (Phi) is 5.34. The molecule has 0 atom stereocenters. The van der Waals surface area contributed by atoms with E-state index in [1.54, 1.807) is 17.0 Å². The fraction of sp³-hybridized carbons (Fsp3) is 0.421. The number of rotatable bonds is 7. The molecular weight excluding hydrogens is 348 g/mol. The van der Waals surface area contributed by atoms with Gasteiger partial charge in [0.2, 0.25) is 5.75 Å². The molecule has 0 aliphatic rings. The summed E-state index contributed by atoms with van der Waals surface area (Å²) in [5.41, 5.74) is 3.58. The van der Waals surface area contributed by atoms with Gasteiger partial charge < -0.3 is 14.2 Å². The van der Waals surface area contributed by atoms with Crippen molar-refractivity contribution in [3.05, 3.63) is 39.7 Å². The molecule has 0 radical (unpaired) electrons. The van der Waals surface area contributed by atoms with Crippen molar-refractivity contribution in [3.63, 3.8) is 0 Å². The summed E-state index contributed by atoms with van der Waals surface area (Å²) in [6, 6.07) is 1.65. The highest BCUT2D eigenvalue weighted by Gasteiger charge is 2.19. The van der Waals surface area contributed by atoms with Gasteiger partial charge in [-0.15, -0.1) is 0 Å². The second kappa shape index (κ2) is 7.69. The maximum atomic E-state index is 12.9. The van der Waals surface area contributed by atoms with Gasteiger partial charge in [0, 0.05) is 12.2 Å². The average molecular weight is 372 g/mol. The van der Waals surface area contributed by atoms with Crippen LogP contribution in [0.2, 0.25) is 0 Å². The van der Waals surface area contributed by atoms with Crippen molar-refractivity contribution in [2.45, 2.75) is 33.2 Å². The lowest BCUT2D eigenvalue weighted by Crippen LogP contribution is -2.21. The fourth-order valence-corrected chi connectivity index (χ4v) is 3.29. The van der Waals surface area contributed by atoms with Crippen LogP contribution in [0.1, 0.15) is 23.4 Å². The molecule has 0 amide bonds. The van der Waals surface area contributed by atoms with E-state index in [1.807, 2.05) is 13.8 Å². The van der Waals surface area contributed by atoms with Crippen LogP contribution in [0.25, 0.3) is 10.9 Å². The SMILES string of the molecule is COc1cc2c(=O)n(CCCc3c(C)n[nH]c3C)cnc2c(OC)c1OC. The van der Waals surface area contributed by atoms with Crippen LogP contribution in [0, 0.1) is 13.8 Å². The molecule has 8 heteroatoms. The summed E-state index contributed by atoms with van der Waals surface area (Å²) < 4.78 is 17.7. The zero-order valence-electron chi connectivity index (χ0n) is 16.3. The second-order valence-electron chi connectivity index (χ2n) is 6.30. The minimum Gasteiger partial charge on any atom is -0.493 e. The Morgan fingerprint density at radius 2 is 1.85 bits per heavy atom. The highest BCUT2D eigenvalue weighted by molar-refractivity contribution is 5.89. The molecule has 1 aromatic carbocycles. The van der Waals surface area contributed by atoms with Crippen molar-refractivity contribution in [1.29, 1.82) is 0 Å². The molecule has 0 aliphatic carbocycles.